The lowest BCUT2D eigenvalue weighted by molar-refractivity contribution is -0.139. The number of benzene rings is 1. The number of piperazine rings is 1. The molecule has 1 fully saturated rings. The fourth-order valence-electron chi connectivity index (χ4n) is 3.06. The van der Waals surface area contributed by atoms with Gasteiger partial charge in [-0.05, 0) is 24.1 Å². The second kappa shape index (κ2) is 7.03. The molecule has 1 saturated heterocycles. The van der Waals surface area contributed by atoms with Crippen LogP contribution in [-0.4, -0.2) is 52.8 Å². The van der Waals surface area contributed by atoms with Gasteiger partial charge in [0, 0.05) is 39.5 Å². The van der Waals surface area contributed by atoms with Crippen LogP contribution in [0.15, 0.2) is 22.6 Å². The zero-order valence-electron chi connectivity index (χ0n) is 14.2. The summed E-state index contributed by atoms with van der Waals surface area (Å²) in [6, 6.07) is 5.69. The predicted molar refractivity (Wildman–Crippen MR) is 90.5 cm³/mol. The molecule has 0 N–H and O–H groups in total. The van der Waals surface area contributed by atoms with Gasteiger partial charge >= 0.3 is 0 Å². The third kappa shape index (κ3) is 3.58. The van der Waals surface area contributed by atoms with E-state index in [0.29, 0.717) is 50.5 Å². The van der Waals surface area contributed by atoms with Crippen LogP contribution in [0, 0.1) is 6.92 Å². The number of carbonyl (C=O) groups is 2. The number of amides is 2. The zero-order valence-corrected chi connectivity index (χ0v) is 14.2. The Bertz CT molecular complexity index is 745. The summed E-state index contributed by atoms with van der Waals surface area (Å²) < 4.78 is 5.52. The highest BCUT2D eigenvalue weighted by Gasteiger charge is 2.23. The molecule has 2 aromatic rings. The van der Waals surface area contributed by atoms with Crippen LogP contribution in [-0.2, 0) is 16.0 Å². The lowest BCUT2D eigenvalue weighted by Crippen LogP contribution is -2.50. The molecule has 1 aliphatic rings. The molecule has 128 valence electrons. The van der Waals surface area contributed by atoms with Crippen molar-refractivity contribution in [1.82, 2.24) is 14.8 Å². The van der Waals surface area contributed by atoms with E-state index in [0.717, 1.165) is 17.5 Å². The lowest BCUT2D eigenvalue weighted by atomic mass is 10.1. The van der Waals surface area contributed by atoms with Gasteiger partial charge in [0.1, 0.15) is 5.52 Å². The minimum absolute atomic E-state index is 0.0909. The molecular formula is C18H23N3O3. The van der Waals surface area contributed by atoms with E-state index >= 15 is 0 Å². The van der Waals surface area contributed by atoms with Gasteiger partial charge in [-0.3, -0.25) is 9.59 Å². The average Bonchev–Trinajstić information content (AvgIpc) is 2.94. The number of nitrogens with zero attached hydrogens (tertiary/aromatic N) is 3. The van der Waals surface area contributed by atoms with E-state index in [1.54, 1.807) is 0 Å². The number of aryl methyl sites for hydroxylation is 1. The van der Waals surface area contributed by atoms with Crippen LogP contribution in [0.25, 0.3) is 11.1 Å². The van der Waals surface area contributed by atoms with E-state index in [1.165, 1.54) is 0 Å². The SMILES string of the molecule is CCCC(=O)N1CCN(C(=O)Cc2ccc3nc(C)oc3c2)CC1. The molecule has 0 bridgehead atoms. The molecule has 0 spiro atoms. The molecule has 0 unspecified atom stereocenters. The number of hydrogen-bond acceptors (Lipinski definition) is 4. The Morgan fingerprint density at radius 2 is 1.79 bits per heavy atom. The van der Waals surface area contributed by atoms with Gasteiger partial charge < -0.3 is 14.2 Å². The maximum absolute atomic E-state index is 12.5. The maximum atomic E-state index is 12.5. The molecule has 1 aliphatic heterocycles. The quantitative estimate of drug-likeness (QED) is 0.862. The van der Waals surface area contributed by atoms with Crippen molar-refractivity contribution in [2.45, 2.75) is 33.1 Å². The van der Waals surface area contributed by atoms with Gasteiger partial charge in [-0.25, -0.2) is 4.98 Å². The van der Waals surface area contributed by atoms with Crippen molar-refractivity contribution in [2.24, 2.45) is 0 Å². The second-order valence-corrected chi connectivity index (χ2v) is 6.22. The number of rotatable bonds is 4. The third-order valence-corrected chi connectivity index (χ3v) is 4.36. The van der Waals surface area contributed by atoms with E-state index in [1.807, 2.05) is 41.8 Å². The summed E-state index contributed by atoms with van der Waals surface area (Å²) in [6.45, 7) is 6.29. The number of carbonyl (C=O) groups excluding carboxylic acids is 2. The fourth-order valence-corrected chi connectivity index (χ4v) is 3.06. The Hall–Kier alpha value is -2.37. The Balaban J connectivity index is 1.58. The Morgan fingerprint density at radius 1 is 1.12 bits per heavy atom. The first-order valence-electron chi connectivity index (χ1n) is 8.48. The minimum atomic E-state index is 0.0909. The van der Waals surface area contributed by atoms with Crippen LogP contribution in [0.4, 0.5) is 0 Å². The summed E-state index contributed by atoms with van der Waals surface area (Å²) in [4.78, 5) is 32.3. The first kappa shape index (κ1) is 16.5. The second-order valence-electron chi connectivity index (χ2n) is 6.22. The van der Waals surface area contributed by atoms with Crippen LogP contribution in [0.1, 0.15) is 31.2 Å². The number of aromatic nitrogens is 1. The first-order chi connectivity index (χ1) is 11.6. The van der Waals surface area contributed by atoms with E-state index in [2.05, 4.69) is 4.98 Å². The minimum Gasteiger partial charge on any atom is -0.441 e. The van der Waals surface area contributed by atoms with Crippen molar-refractivity contribution in [3.8, 4) is 0 Å². The number of fused-ring (bicyclic) bond motifs is 1. The topological polar surface area (TPSA) is 66.7 Å². The first-order valence-corrected chi connectivity index (χ1v) is 8.48. The highest BCUT2D eigenvalue weighted by atomic mass is 16.3. The van der Waals surface area contributed by atoms with Gasteiger partial charge in [0.25, 0.3) is 0 Å². The van der Waals surface area contributed by atoms with Crippen LogP contribution in [0.3, 0.4) is 0 Å². The molecule has 2 heterocycles. The number of hydrogen-bond donors (Lipinski definition) is 0. The van der Waals surface area contributed by atoms with Gasteiger partial charge in [-0.2, -0.15) is 0 Å². The molecule has 2 amide bonds. The zero-order chi connectivity index (χ0) is 17.1. The van der Waals surface area contributed by atoms with Crippen LogP contribution in [0.5, 0.6) is 0 Å². The Morgan fingerprint density at radius 3 is 2.46 bits per heavy atom. The van der Waals surface area contributed by atoms with Crippen LogP contribution >= 0.6 is 0 Å². The molecule has 0 saturated carbocycles. The van der Waals surface area contributed by atoms with Crippen molar-refractivity contribution in [1.29, 1.82) is 0 Å². The highest BCUT2D eigenvalue weighted by Crippen LogP contribution is 2.18. The van der Waals surface area contributed by atoms with Gasteiger partial charge in [0.05, 0.1) is 6.42 Å². The maximum Gasteiger partial charge on any atom is 0.227 e. The van der Waals surface area contributed by atoms with Crippen molar-refractivity contribution in [3.05, 3.63) is 29.7 Å². The molecular weight excluding hydrogens is 306 g/mol. The molecule has 0 radical (unpaired) electrons. The molecule has 6 heteroatoms. The van der Waals surface area contributed by atoms with Gasteiger partial charge in [-0.15, -0.1) is 0 Å². The van der Waals surface area contributed by atoms with Crippen molar-refractivity contribution in [3.63, 3.8) is 0 Å². The van der Waals surface area contributed by atoms with E-state index < -0.39 is 0 Å². The average molecular weight is 329 g/mol. The Kier molecular flexibility index (Phi) is 4.83. The summed E-state index contributed by atoms with van der Waals surface area (Å²) in [5, 5.41) is 0. The molecule has 1 aromatic heterocycles. The van der Waals surface area contributed by atoms with Gasteiger partial charge in [0.2, 0.25) is 11.8 Å². The standard InChI is InChI=1S/C18H23N3O3/c1-3-4-17(22)20-7-9-21(10-8-20)18(23)12-14-5-6-15-16(11-14)24-13(2)19-15/h5-6,11H,3-4,7-10,12H2,1-2H3. The summed E-state index contributed by atoms with van der Waals surface area (Å²) in [5.74, 6) is 0.908. The summed E-state index contributed by atoms with van der Waals surface area (Å²) in [5.41, 5.74) is 2.45. The van der Waals surface area contributed by atoms with Gasteiger partial charge in [-0.1, -0.05) is 13.0 Å². The van der Waals surface area contributed by atoms with Gasteiger partial charge in [0.15, 0.2) is 11.5 Å². The lowest BCUT2D eigenvalue weighted by Gasteiger charge is -2.35. The predicted octanol–water partition coefficient (Wildman–Crippen LogP) is 2.15. The third-order valence-electron chi connectivity index (χ3n) is 4.36. The largest absolute Gasteiger partial charge is 0.441 e. The number of oxazole rings is 1. The molecule has 6 nitrogen and oxygen atoms in total. The molecule has 1 aromatic carbocycles. The normalized spacial score (nSPS) is 15.1. The fraction of sp³-hybridized carbons (Fsp3) is 0.500. The van der Waals surface area contributed by atoms with Crippen LogP contribution < -0.4 is 0 Å². The summed E-state index contributed by atoms with van der Waals surface area (Å²) in [6.07, 6.45) is 1.80. The molecule has 0 atom stereocenters. The van der Waals surface area contributed by atoms with Crippen molar-refractivity contribution in [2.75, 3.05) is 26.2 Å². The summed E-state index contributed by atoms with van der Waals surface area (Å²) >= 11 is 0. The molecule has 3 rings (SSSR count). The van der Waals surface area contributed by atoms with Crippen molar-refractivity contribution >= 4 is 22.9 Å². The molecule has 24 heavy (non-hydrogen) atoms. The Labute approximate surface area is 141 Å². The summed E-state index contributed by atoms with van der Waals surface area (Å²) in [7, 11) is 0. The van der Waals surface area contributed by atoms with E-state index in [4.69, 9.17) is 4.42 Å². The molecule has 0 aliphatic carbocycles. The highest BCUT2D eigenvalue weighted by molar-refractivity contribution is 5.82. The van der Waals surface area contributed by atoms with Crippen LogP contribution in [0.2, 0.25) is 0 Å². The van der Waals surface area contributed by atoms with Crippen molar-refractivity contribution < 1.29 is 14.0 Å². The van der Waals surface area contributed by atoms with E-state index in [-0.39, 0.29) is 11.8 Å². The monoisotopic (exact) mass is 329 g/mol. The smallest absolute Gasteiger partial charge is 0.227 e. The van der Waals surface area contributed by atoms with E-state index in [9.17, 15) is 9.59 Å².